The van der Waals surface area contributed by atoms with Gasteiger partial charge in [0.25, 0.3) is 0 Å². The molecule has 0 bridgehead atoms. The molecule has 1 saturated carbocycles. The van der Waals surface area contributed by atoms with Crippen LogP contribution in [0.4, 0.5) is 11.6 Å². The lowest BCUT2D eigenvalue weighted by Gasteiger charge is -2.41. The van der Waals surface area contributed by atoms with E-state index in [1.54, 1.807) is 7.11 Å². The number of methoxy groups -OCH3 is 1. The van der Waals surface area contributed by atoms with Gasteiger partial charge in [-0.3, -0.25) is 4.98 Å². The lowest BCUT2D eigenvalue weighted by Crippen LogP contribution is -2.43. The van der Waals surface area contributed by atoms with Crippen LogP contribution in [-0.2, 0) is 10.2 Å². The van der Waals surface area contributed by atoms with Crippen LogP contribution in [-0.4, -0.2) is 40.8 Å². The average Bonchev–Trinajstić information content (AvgIpc) is 2.73. The summed E-state index contributed by atoms with van der Waals surface area (Å²) >= 11 is 0. The number of pyridine rings is 1. The van der Waals surface area contributed by atoms with Crippen LogP contribution in [0, 0.1) is 0 Å². The average molecular weight is 398 g/mol. The van der Waals surface area contributed by atoms with E-state index in [9.17, 15) is 0 Å². The van der Waals surface area contributed by atoms with Crippen molar-refractivity contribution in [1.82, 2.24) is 15.0 Å². The fraction of sp³-hybridized carbons (Fsp3) is 0.522. The minimum Gasteiger partial charge on any atom is -0.381 e. The smallest absolute Gasteiger partial charge is 0.176 e. The maximum atomic E-state index is 5.55. The van der Waals surface area contributed by atoms with Crippen LogP contribution in [0.15, 0.2) is 36.8 Å². The molecule has 1 aliphatic heterocycles. The maximum absolute atomic E-state index is 5.55. The first-order valence-electron chi connectivity index (χ1n) is 10.4. The van der Waals surface area contributed by atoms with E-state index in [4.69, 9.17) is 9.72 Å². The maximum Gasteiger partial charge on any atom is 0.176 e. The Kier molecular flexibility index (Phi) is 5.30. The van der Waals surface area contributed by atoms with E-state index in [2.05, 4.69) is 59.7 Å². The first kappa shape index (κ1) is 19.8. The molecule has 0 saturated heterocycles. The molecule has 1 N–H and O–H groups in total. The SMILES string of the molecule is C=[13C]1[13CH2]Nc2ncc(-c3ccc([13C](C)([13CH3])[13CH3])nc3)nc2N1[C@H]1CC[C@H](OC)CC1. The number of rotatable bonds is 3. The van der Waals surface area contributed by atoms with Crippen LogP contribution in [0.1, 0.15) is 52.1 Å². The summed E-state index contributed by atoms with van der Waals surface area (Å²) in [6.45, 7) is 11.5. The van der Waals surface area contributed by atoms with Crippen molar-refractivity contribution in [2.24, 2.45) is 0 Å². The second kappa shape index (κ2) is 7.75. The van der Waals surface area contributed by atoms with Crippen LogP contribution in [0.3, 0.4) is 0 Å². The third-order valence-corrected chi connectivity index (χ3v) is 5.95. The lowest BCUT2D eigenvalue weighted by molar-refractivity contribution is 0.0660. The van der Waals surface area contributed by atoms with Gasteiger partial charge in [0, 0.05) is 41.7 Å². The van der Waals surface area contributed by atoms with Crippen molar-refractivity contribution >= 4 is 11.6 Å². The van der Waals surface area contributed by atoms with E-state index in [-0.39, 0.29) is 5.41 Å². The zero-order chi connectivity index (χ0) is 20.6. The number of hydrogen-bond donors (Lipinski definition) is 1. The summed E-state index contributed by atoms with van der Waals surface area (Å²) in [4.78, 5) is 16.6. The van der Waals surface area contributed by atoms with Crippen molar-refractivity contribution in [2.75, 3.05) is 23.9 Å². The van der Waals surface area contributed by atoms with E-state index < -0.39 is 0 Å². The zero-order valence-corrected chi connectivity index (χ0v) is 17.9. The summed E-state index contributed by atoms with van der Waals surface area (Å²) in [6.07, 6.45) is 8.38. The Morgan fingerprint density at radius 3 is 2.48 bits per heavy atom. The molecule has 6 nitrogen and oxygen atoms in total. The predicted octanol–water partition coefficient (Wildman–Crippen LogP) is 4.54. The van der Waals surface area contributed by atoms with Crippen molar-refractivity contribution in [3.8, 4) is 11.3 Å². The standard InChI is InChI=1S/C23H31N5O/c1-15-12-25-21-22(28(15)17-7-9-18(29-5)10-8-17)27-19(14-26-21)16-6-11-20(24-13-16)23(2,3)4/h6,11,13-14,17-18H,1,7-10,12H2,2-5H3,(H,25,26)/t17-,18-/i2+1,3+1,12+1,15+1,23+1. The zero-order valence-electron chi connectivity index (χ0n) is 17.9. The Bertz CT molecular complexity index is 879. The highest BCUT2D eigenvalue weighted by molar-refractivity contribution is 5.72. The Hall–Kier alpha value is -2.47. The van der Waals surface area contributed by atoms with Gasteiger partial charge in [-0.1, -0.05) is 27.4 Å². The monoisotopic (exact) mass is 398 g/mol. The van der Waals surface area contributed by atoms with E-state index >= 15 is 0 Å². The number of fused-ring (bicyclic) bond motifs is 1. The number of nitrogens with one attached hydrogen (secondary N) is 1. The van der Waals surface area contributed by atoms with Crippen LogP contribution < -0.4 is 10.2 Å². The highest BCUT2D eigenvalue weighted by atomic mass is 16.5. The van der Waals surface area contributed by atoms with Gasteiger partial charge in [-0.05, 0) is 37.8 Å². The highest BCUT2D eigenvalue weighted by Crippen LogP contribution is 2.37. The molecule has 6 heteroatoms. The van der Waals surface area contributed by atoms with Gasteiger partial charge >= 0.3 is 0 Å². The molecule has 0 amide bonds. The minimum absolute atomic E-state index is 0.0273. The third kappa shape index (κ3) is 3.99. The number of nitrogens with zero attached hydrogens (tertiary/aromatic N) is 4. The molecular weight excluding hydrogens is 367 g/mol. The Balaban J connectivity index is 1.64. The molecule has 4 rings (SSSR count). The summed E-state index contributed by atoms with van der Waals surface area (Å²) in [5.74, 6) is 1.70. The van der Waals surface area contributed by atoms with E-state index in [1.807, 2.05) is 12.4 Å². The van der Waals surface area contributed by atoms with Crippen LogP contribution in [0.2, 0.25) is 0 Å². The van der Waals surface area contributed by atoms with Gasteiger partial charge in [0.15, 0.2) is 11.6 Å². The summed E-state index contributed by atoms with van der Waals surface area (Å²) < 4.78 is 5.55. The second-order valence-electron chi connectivity index (χ2n) is 9.07. The van der Waals surface area contributed by atoms with Gasteiger partial charge in [0.1, 0.15) is 0 Å². The Labute approximate surface area is 173 Å². The molecule has 2 aromatic heterocycles. The van der Waals surface area contributed by atoms with Crippen LogP contribution in [0.25, 0.3) is 11.3 Å². The molecule has 2 aliphatic rings. The summed E-state index contributed by atoms with van der Waals surface area (Å²) in [7, 11) is 1.81. The molecule has 0 aromatic carbocycles. The van der Waals surface area contributed by atoms with E-state index in [1.165, 1.54) is 0 Å². The Morgan fingerprint density at radius 2 is 1.86 bits per heavy atom. The van der Waals surface area contributed by atoms with Crippen molar-refractivity contribution < 1.29 is 4.74 Å². The quantitative estimate of drug-likeness (QED) is 0.766. The minimum atomic E-state index is 0.0273. The molecule has 1 aliphatic carbocycles. The second-order valence-corrected chi connectivity index (χ2v) is 9.07. The van der Waals surface area contributed by atoms with Crippen LogP contribution >= 0.6 is 0 Å². The first-order valence-corrected chi connectivity index (χ1v) is 10.4. The van der Waals surface area contributed by atoms with Gasteiger partial charge < -0.3 is 15.0 Å². The molecule has 3 heterocycles. The summed E-state index contributed by atoms with van der Waals surface area (Å²) in [5.41, 5.74) is 3.96. The fourth-order valence-electron chi connectivity index (χ4n) is 4.19. The van der Waals surface area contributed by atoms with Gasteiger partial charge in [-0.2, -0.15) is 0 Å². The van der Waals surface area contributed by atoms with Crippen molar-refractivity contribution in [3.63, 3.8) is 0 Å². The molecule has 1 fully saturated rings. The summed E-state index contributed by atoms with van der Waals surface area (Å²) in [6, 6.07) is 4.56. The fourth-order valence-corrected chi connectivity index (χ4v) is 4.19. The van der Waals surface area contributed by atoms with Gasteiger partial charge in [0.2, 0.25) is 0 Å². The summed E-state index contributed by atoms with van der Waals surface area (Å²) in [5, 5.41) is 3.35. The molecule has 154 valence electrons. The van der Waals surface area contributed by atoms with Crippen molar-refractivity contribution in [1.29, 1.82) is 0 Å². The van der Waals surface area contributed by atoms with Gasteiger partial charge in [-0.25, -0.2) is 9.97 Å². The van der Waals surface area contributed by atoms with E-state index in [0.717, 1.165) is 60.0 Å². The molecule has 2 aromatic rings. The number of hydrogen-bond acceptors (Lipinski definition) is 6. The van der Waals surface area contributed by atoms with E-state index in [0.29, 0.717) is 18.7 Å². The third-order valence-electron chi connectivity index (χ3n) is 5.95. The molecule has 0 spiro atoms. The molecular formula is C23H31N5O. The van der Waals surface area contributed by atoms with Gasteiger partial charge in [0.05, 0.1) is 24.5 Å². The number of aromatic nitrogens is 3. The predicted molar refractivity (Wildman–Crippen MR) is 117 cm³/mol. The largest absolute Gasteiger partial charge is 0.381 e. The lowest BCUT2D eigenvalue weighted by atomic mass is 9.92. The topological polar surface area (TPSA) is 63.2 Å². The number of anilines is 2. The highest BCUT2D eigenvalue weighted by Gasteiger charge is 2.32. The first-order chi connectivity index (χ1) is 13.9. The molecule has 0 radical (unpaired) electrons. The molecule has 29 heavy (non-hydrogen) atoms. The molecule has 0 atom stereocenters. The normalized spacial score (nSPS) is 22.2. The molecule has 0 unspecified atom stereocenters. The van der Waals surface area contributed by atoms with Crippen molar-refractivity contribution in [2.45, 2.75) is 64.0 Å². The van der Waals surface area contributed by atoms with Gasteiger partial charge in [-0.15, -0.1) is 0 Å². The van der Waals surface area contributed by atoms with Crippen molar-refractivity contribution in [3.05, 3.63) is 42.5 Å². The Morgan fingerprint density at radius 1 is 1.10 bits per heavy atom. The number of ether oxygens (including phenoxy) is 1. The van der Waals surface area contributed by atoms with Crippen LogP contribution in [0.5, 0.6) is 0 Å².